The fourth-order valence-corrected chi connectivity index (χ4v) is 7.45. The number of piperidine rings is 3. The molecule has 0 spiro atoms. The smallest absolute Gasteiger partial charge is 0.255 e. The van der Waals surface area contributed by atoms with Crippen molar-refractivity contribution in [3.63, 3.8) is 0 Å². The molecule has 0 radical (unpaired) electrons. The summed E-state index contributed by atoms with van der Waals surface area (Å²) in [7, 11) is 0. The van der Waals surface area contributed by atoms with Crippen LogP contribution < -0.4 is 26.2 Å². The van der Waals surface area contributed by atoms with Gasteiger partial charge in [0.05, 0.1) is 6.54 Å². The Labute approximate surface area is 301 Å². The molecule has 4 fully saturated rings. The number of benzene rings is 2. The van der Waals surface area contributed by atoms with Gasteiger partial charge in [-0.2, -0.15) is 0 Å². The molecule has 268 valence electrons. The van der Waals surface area contributed by atoms with Crippen molar-refractivity contribution in [2.24, 2.45) is 0 Å². The van der Waals surface area contributed by atoms with Crippen LogP contribution in [0, 0.1) is 0 Å². The molecule has 0 aliphatic carbocycles. The van der Waals surface area contributed by atoms with E-state index < -0.39 is 18.0 Å². The first-order valence-corrected chi connectivity index (χ1v) is 17.8. The maximum Gasteiger partial charge on any atom is 0.255 e. The normalized spacial score (nSPS) is 23.0. The molecule has 4 N–H and O–H groups in total. The largest absolute Gasteiger partial charge is 0.356 e. The van der Waals surface area contributed by atoms with Crippen molar-refractivity contribution >= 4 is 68.9 Å². The Morgan fingerprint density at radius 2 is 1.24 bits per heavy atom. The molecule has 0 saturated carbocycles. The van der Waals surface area contributed by atoms with Gasteiger partial charge in [0.1, 0.15) is 12.1 Å². The third kappa shape index (κ3) is 7.71. The third-order valence-electron chi connectivity index (χ3n) is 9.62. The highest BCUT2D eigenvalue weighted by Gasteiger charge is 2.41. The number of anilines is 1. The maximum atomic E-state index is 12.8. The fourth-order valence-electron chi connectivity index (χ4n) is 6.96. The van der Waals surface area contributed by atoms with Gasteiger partial charge in [0, 0.05) is 78.8 Å². The Balaban J connectivity index is 0.000000151. The molecule has 4 saturated heterocycles. The van der Waals surface area contributed by atoms with Crippen LogP contribution in [0.4, 0.5) is 5.69 Å². The molecule has 2 unspecified atom stereocenters. The van der Waals surface area contributed by atoms with Crippen molar-refractivity contribution in [2.75, 3.05) is 31.1 Å². The molecular formula is C35H38BrN7O8. The zero-order valence-corrected chi connectivity index (χ0v) is 29.4. The average molecular weight is 765 g/mol. The lowest BCUT2D eigenvalue weighted by atomic mass is 10.0. The summed E-state index contributed by atoms with van der Waals surface area (Å²) in [4.78, 5) is 98.8. The fraction of sp³-hybridized carbons (Fsp3) is 0.429. The highest BCUT2D eigenvalue weighted by atomic mass is 79.9. The van der Waals surface area contributed by atoms with E-state index in [1.807, 2.05) is 12.1 Å². The number of carbonyl (C=O) groups is 8. The zero-order chi connectivity index (χ0) is 36.2. The van der Waals surface area contributed by atoms with E-state index in [1.165, 1.54) is 9.80 Å². The van der Waals surface area contributed by atoms with Gasteiger partial charge in [-0.3, -0.25) is 49.0 Å². The van der Waals surface area contributed by atoms with Gasteiger partial charge in [-0.15, -0.1) is 0 Å². The van der Waals surface area contributed by atoms with E-state index in [0.29, 0.717) is 43.6 Å². The second-order valence-corrected chi connectivity index (χ2v) is 13.8. The van der Waals surface area contributed by atoms with E-state index in [4.69, 9.17) is 0 Å². The lowest BCUT2D eigenvalue weighted by Gasteiger charge is -2.30. The van der Waals surface area contributed by atoms with Crippen molar-refractivity contribution in [1.82, 2.24) is 31.1 Å². The van der Waals surface area contributed by atoms with Gasteiger partial charge in [-0.1, -0.05) is 28.1 Å². The highest BCUT2D eigenvalue weighted by Crippen LogP contribution is 2.35. The molecule has 8 rings (SSSR count). The van der Waals surface area contributed by atoms with Crippen LogP contribution in [0.3, 0.4) is 0 Å². The second kappa shape index (κ2) is 15.5. The summed E-state index contributed by atoms with van der Waals surface area (Å²) < 4.78 is 0.869. The van der Waals surface area contributed by atoms with Gasteiger partial charge in [-0.05, 0) is 55.5 Å². The first-order chi connectivity index (χ1) is 24.5. The topological polar surface area (TPSA) is 194 Å². The number of fused-ring (bicyclic) bond motifs is 2. The van der Waals surface area contributed by atoms with Crippen molar-refractivity contribution in [3.8, 4) is 0 Å². The molecule has 2 aromatic rings. The van der Waals surface area contributed by atoms with Crippen molar-refractivity contribution < 1.29 is 38.4 Å². The Morgan fingerprint density at radius 1 is 0.647 bits per heavy atom. The number of carbonyl (C=O) groups excluding carboxylic acids is 8. The molecular weight excluding hydrogens is 726 g/mol. The Kier molecular flexibility index (Phi) is 10.9. The SMILES string of the molecule is O=C1CCC(N2Cc3c(Br)cccc3C2=O)C(=O)N1.O=C1CCC(N2Cc3c(cccc3N3CCNCC3=O)C2=O)C(=O)N1.O=C1CCCCN1. The lowest BCUT2D eigenvalue weighted by molar-refractivity contribution is -0.138. The molecule has 0 bridgehead atoms. The average Bonchev–Trinajstić information content (AvgIpc) is 3.63. The number of amides is 8. The number of hydrogen-bond donors (Lipinski definition) is 4. The standard InChI is InChI=1S/C17H18N4O4.C13H11BrN2O3.C5H9NO/c22-14-5-4-13(16(24)19-14)21-9-11-10(17(21)25)2-1-3-12(11)20-7-6-18-8-15(20)23;14-9-3-1-2-7-8(9)6-16(13(7)19)10-4-5-11(17)15-12(10)18;7-5-3-1-2-4-6-5/h1-3,13,18H,4-9H2,(H,19,22,24);1-3,10H,4-6H2,(H,15,17,18);1-4H2,(H,6,7). The van der Waals surface area contributed by atoms with Crippen LogP contribution in [0.2, 0.25) is 0 Å². The number of halogens is 1. The number of imide groups is 2. The minimum atomic E-state index is -0.649. The Morgan fingerprint density at radius 3 is 1.75 bits per heavy atom. The van der Waals surface area contributed by atoms with Crippen LogP contribution in [0.15, 0.2) is 40.9 Å². The van der Waals surface area contributed by atoms with Crippen LogP contribution in [0.25, 0.3) is 0 Å². The van der Waals surface area contributed by atoms with Crippen LogP contribution in [-0.4, -0.2) is 95.3 Å². The van der Waals surface area contributed by atoms with Gasteiger partial charge >= 0.3 is 0 Å². The third-order valence-corrected chi connectivity index (χ3v) is 10.4. The summed E-state index contributed by atoms with van der Waals surface area (Å²) in [5, 5.41) is 10.3. The molecule has 15 nitrogen and oxygen atoms in total. The van der Waals surface area contributed by atoms with Crippen LogP contribution in [0.1, 0.15) is 76.8 Å². The van der Waals surface area contributed by atoms with Crippen molar-refractivity contribution in [3.05, 3.63) is 63.1 Å². The lowest BCUT2D eigenvalue weighted by Crippen LogP contribution is -2.52. The van der Waals surface area contributed by atoms with Crippen LogP contribution in [-0.2, 0) is 41.9 Å². The van der Waals surface area contributed by atoms with Gasteiger partial charge in [0.2, 0.25) is 35.4 Å². The zero-order valence-electron chi connectivity index (χ0n) is 27.8. The Bertz CT molecular complexity index is 1810. The van der Waals surface area contributed by atoms with E-state index in [2.05, 4.69) is 37.2 Å². The minimum absolute atomic E-state index is 0.0356. The summed E-state index contributed by atoms with van der Waals surface area (Å²) in [6, 6.07) is 9.55. The van der Waals surface area contributed by atoms with E-state index in [1.54, 1.807) is 29.2 Å². The van der Waals surface area contributed by atoms with Gasteiger partial charge in [0.25, 0.3) is 11.8 Å². The minimum Gasteiger partial charge on any atom is -0.356 e. The predicted octanol–water partition coefficient (Wildman–Crippen LogP) is 0.880. The summed E-state index contributed by atoms with van der Waals surface area (Å²) in [5.41, 5.74) is 3.55. The molecule has 6 heterocycles. The van der Waals surface area contributed by atoms with E-state index in [9.17, 15) is 38.4 Å². The first kappa shape index (κ1) is 35.9. The van der Waals surface area contributed by atoms with E-state index in [0.717, 1.165) is 47.1 Å². The number of nitrogens with one attached hydrogen (secondary N) is 4. The molecule has 51 heavy (non-hydrogen) atoms. The van der Waals surface area contributed by atoms with Crippen molar-refractivity contribution in [1.29, 1.82) is 0 Å². The predicted molar refractivity (Wildman–Crippen MR) is 185 cm³/mol. The van der Waals surface area contributed by atoms with E-state index >= 15 is 0 Å². The summed E-state index contributed by atoms with van der Waals surface area (Å²) in [6.07, 6.45) is 4.18. The van der Waals surface area contributed by atoms with Crippen molar-refractivity contribution in [2.45, 2.75) is 70.1 Å². The van der Waals surface area contributed by atoms with Crippen LogP contribution >= 0.6 is 15.9 Å². The molecule has 8 amide bonds. The first-order valence-electron chi connectivity index (χ1n) is 17.0. The van der Waals surface area contributed by atoms with Gasteiger partial charge in [0.15, 0.2) is 0 Å². The number of rotatable bonds is 3. The number of hydrogen-bond acceptors (Lipinski definition) is 9. The van der Waals surface area contributed by atoms with E-state index in [-0.39, 0.29) is 67.3 Å². The summed E-state index contributed by atoms with van der Waals surface area (Å²) in [6.45, 7) is 3.07. The monoisotopic (exact) mass is 763 g/mol. The Hall–Kier alpha value is -4.96. The second-order valence-electron chi connectivity index (χ2n) is 12.9. The molecule has 6 aliphatic heterocycles. The highest BCUT2D eigenvalue weighted by molar-refractivity contribution is 9.10. The van der Waals surface area contributed by atoms with Gasteiger partial charge < -0.3 is 25.3 Å². The maximum absolute atomic E-state index is 12.8. The molecule has 2 atom stereocenters. The van der Waals surface area contributed by atoms with Gasteiger partial charge in [-0.25, -0.2) is 0 Å². The summed E-state index contributed by atoms with van der Waals surface area (Å²) in [5.74, 6) is -1.59. The molecule has 2 aromatic carbocycles. The number of nitrogens with zero attached hydrogens (tertiary/aromatic N) is 3. The quantitative estimate of drug-likeness (QED) is 0.329. The molecule has 16 heteroatoms. The molecule has 6 aliphatic rings. The van der Waals surface area contributed by atoms with Crippen LogP contribution in [0.5, 0.6) is 0 Å². The summed E-state index contributed by atoms with van der Waals surface area (Å²) >= 11 is 3.42. The molecule has 0 aromatic heterocycles. The number of piperazine rings is 1.